The lowest BCUT2D eigenvalue weighted by molar-refractivity contribution is 0.404. The van der Waals surface area contributed by atoms with Crippen molar-refractivity contribution in [1.29, 1.82) is 0 Å². The molecule has 2 aromatic rings. The molecule has 0 bridgehead atoms. The number of hydrogen-bond acceptors (Lipinski definition) is 3. The van der Waals surface area contributed by atoms with Crippen molar-refractivity contribution in [3.05, 3.63) is 29.0 Å². The van der Waals surface area contributed by atoms with Crippen LogP contribution in [0.5, 0.6) is 5.75 Å². The molecule has 1 unspecified atom stereocenters. The van der Waals surface area contributed by atoms with E-state index in [0.29, 0.717) is 10.8 Å². The summed E-state index contributed by atoms with van der Waals surface area (Å²) in [5, 5.41) is 1.31. The third kappa shape index (κ3) is 2.01. The summed E-state index contributed by atoms with van der Waals surface area (Å²) < 4.78 is 10.8. The number of ether oxygens (including phenoxy) is 1. The first-order chi connectivity index (χ1) is 7.61. The van der Waals surface area contributed by atoms with Crippen LogP contribution < -0.4 is 10.5 Å². The highest BCUT2D eigenvalue weighted by Crippen LogP contribution is 2.34. The van der Waals surface area contributed by atoms with E-state index in [4.69, 9.17) is 26.5 Å². The number of furan rings is 1. The summed E-state index contributed by atoms with van der Waals surface area (Å²) in [6.45, 7) is 1.96. The van der Waals surface area contributed by atoms with E-state index in [-0.39, 0.29) is 6.04 Å². The standard InChI is InChI=1S/C12H14ClNO2/c1-7(14)5-8-3-4-9-6-10(13)16-12(9)11(8)15-2/h3-4,6-7H,5,14H2,1-2H3. The van der Waals surface area contributed by atoms with Gasteiger partial charge in [0, 0.05) is 17.5 Å². The summed E-state index contributed by atoms with van der Waals surface area (Å²) in [7, 11) is 1.62. The molecule has 0 spiro atoms. The molecule has 2 N–H and O–H groups in total. The third-order valence-corrected chi connectivity index (χ3v) is 2.62. The molecule has 0 amide bonds. The molecule has 0 aliphatic heterocycles. The van der Waals surface area contributed by atoms with Gasteiger partial charge in [-0.1, -0.05) is 12.1 Å². The second-order valence-corrected chi connectivity index (χ2v) is 4.28. The van der Waals surface area contributed by atoms with Crippen molar-refractivity contribution in [2.75, 3.05) is 7.11 Å². The third-order valence-electron chi connectivity index (χ3n) is 2.44. The summed E-state index contributed by atoms with van der Waals surface area (Å²) >= 11 is 5.82. The summed E-state index contributed by atoms with van der Waals surface area (Å²) in [5.74, 6) is 0.724. The molecule has 1 aromatic heterocycles. The van der Waals surface area contributed by atoms with Crippen molar-refractivity contribution in [2.45, 2.75) is 19.4 Å². The molecule has 4 heteroatoms. The van der Waals surface area contributed by atoms with Crippen LogP contribution in [0, 0.1) is 0 Å². The number of hydrogen-bond donors (Lipinski definition) is 1. The van der Waals surface area contributed by atoms with Gasteiger partial charge >= 0.3 is 0 Å². The highest BCUT2D eigenvalue weighted by atomic mass is 35.5. The zero-order valence-corrected chi connectivity index (χ0v) is 10.0. The molecule has 0 aliphatic rings. The summed E-state index contributed by atoms with van der Waals surface area (Å²) in [6.07, 6.45) is 0.747. The number of nitrogens with two attached hydrogens (primary N) is 1. The van der Waals surface area contributed by atoms with Crippen molar-refractivity contribution >= 4 is 22.6 Å². The van der Waals surface area contributed by atoms with Gasteiger partial charge in [0.25, 0.3) is 0 Å². The first-order valence-electron chi connectivity index (χ1n) is 5.12. The van der Waals surface area contributed by atoms with Gasteiger partial charge in [0.2, 0.25) is 0 Å². The number of rotatable bonds is 3. The van der Waals surface area contributed by atoms with Crippen LogP contribution in [0.2, 0.25) is 5.22 Å². The Hall–Kier alpha value is -1.19. The smallest absolute Gasteiger partial charge is 0.194 e. The molecule has 0 saturated heterocycles. The van der Waals surface area contributed by atoms with Crippen LogP contribution in [0.3, 0.4) is 0 Å². The van der Waals surface area contributed by atoms with E-state index in [2.05, 4.69) is 0 Å². The summed E-state index contributed by atoms with van der Waals surface area (Å²) in [4.78, 5) is 0. The Balaban J connectivity index is 2.57. The Morgan fingerprint density at radius 2 is 2.25 bits per heavy atom. The topological polar surface area (TPSA) is 48.4 Å². The zero-order valence-electron chi connectivity index (χ0n) is 9.29. The molecular formula is C12H14ClNO2. The lowest BCUT2D eigenvalue weighted by atomic mass is 10.0. The van der Waals surface area contributed by atoms with Crippen LogP contribution in [-0.4, -0.2) is 13.2 Å². The fourth-order valence-corrected chi connectivity index (χ4v) is 2.01. The summed E-state index contributed by atoms with van der Waals surface area (Å²) in [6, 6.07) is 5.81. The molecule has 16 heavy (non-hydrogen) atoms. The highest BCUT2D eigenvalue weighted by molar-refractivity contribution is 6.29. The second kappa shape index (κ2) is 4.36. The van der Waals surface area contributed by atoms with Crippen LogP contribution in [0.1, 0.15) is 12.5 Å². The lowest BCUT2D eigenvalue weighted by Gasteiger charge is -2.10. The van der Waals surface area contributed by atoms with Gasteiger partial charge in [-0.15, -0.1) is 0 Å². The van der Waals surface area contributed by atoms with Crippen LogP contribution in [0.25, 0.3) is 11.0 Å². The van der Waals surface area contributed by atoms with Gasteiger partial charge < -0.3 is 14.9 Å². The normalized spacial score (nSPS) is 13.0. The van der Waals surface area contributed by atoms with Gasteiger partial charge in [0.05, 0.1) is 7.11 Å². The van der Waals surface area contributed by atoms with E-state index in [0.717, 1.165) is 23.1 Å². The van der Waals surface area contributed by atoms with E-state index in [1.54, 1.807) is 13.2 Å². The monoisotopic (exact) mass is 239 g/mol. The van der Waals surface area contributed by atoms with E-state index >= 15 is 0 Å². The van der Waals surface area contributed by atoms with Crippen molar-refractivity contribution in [3.63, 3.8) is 0 Å². The van der Waals surface area contributed by atoms with Crippen molar-refractivity contribution in [1.82, 2.24) is 0 Å². The van der Waals surface area contributed by atoms with Gasteiger partial charge in [0.1, 0.15) is 0 Å². The predicted octanol–water partition coefficient (Wildman–Crippen LogP) is 2.98. The Bertz CT molecular complexity index is 505. The van der Waals surface area contributed by atoms with Crippen LogP contribution in [0.15, 0.2) is 22.6 Å². The van der Waals surface area contributed by atoms with E-state index < -0.39 is 0 Å². The molecule has 1 atom stereocenters. The van der Waals surface area contributed by atoms with E-state index in [1.807, 2.05) is 19.1 Å². The van der Waals surface area contributed by atoms with Crippen molar-refractivity contribution < 1.29 is 9.15 Å². The van der Waals surface area contributed by atoms with Gasteiger partial charge in [-0.05, 0) is 30.5 Å². The van der Waals surface area contributed by atoms with Crippen molar-refractivity contribution in [3.8, 4) is 5.75 Å². The molecule has 1 heterocycles. The first kappa shape index (κ1) is 11.3. The maximum atomic E-state index is 5.82. The Morgan fingerprint density at radius 1 is 1.50 bits per heavy atom. The largest absolute Gasteiger partial charge is 0.493 e. The molecule has 0 aliphatic carbocycles. The molecule has 86 valence electrons. The zero-order chi connectivity index (χ0) is 11.7. The van der Waals surface area contributed by atoms with E-state index in [1.165, 1.54) is 0 Å². The Morgan fingerprint density at radius 3 is 2.88 bits per heavy atom. The van der Waals surface area contributed by atoms with Gasteiger partial charge in [-0.25, -0.2) is 0 Å². The molecule has 2 rings (SSSR count). The maximum Gasteiger partial charge on any atom is 0.194 e. The quantitative estimate of drug-likeness (QED) is 0.896. The van der Waals surface area contributed by atoms with Crippen LogP contribution in [0.4, 0.5) is 0 Å². The Kier molecular flexibility index (Phi) is 3.08. The van der Waals surface area contributed by atoms with Crippen LogP contribution in [-0.2, 0) is 6.42 Å². The molecule has 0 fully saturated rings. The average Bonchev–Trinajstić information content (AvgIpc) is 2.57. The van der Waals surface area contributed by atoms with Gasteiger partial charge in [-0.2, -0.15) is 0 Å². The molecular weight excluding hydrogens is 226 g/mol. The fourth-order valence-electron chi connectivity index (χ4n) is 1.82. The maximum absolute atomic E-state index is 5.82. The second-order valence-electron chi connectivity index (χ2n) is 3.91. The first-order valence-corrected chi connectivity index (χ1v) is 5.50. The minimum absolute atomic E-state index is 0.0804. The SMILES string of the molecule is COc1c(CC(C)N)ccc2cc(Cl)oc12. The number of fused-ring (bicyclic) bond motifs is 1. The predicted molar refractivity (Wildman–Crippen MR) is 65.1 cm³/mol. The molecule has 1 aromatic carbocycles. The van der Waals surface area contributed by atoms with Gasteiger partial charge in [0.15, 0.2) is 16.6 Å². The highest BCUT2D eigenvalue weighted by Gasteiger charge is 2.13. The molecule has 0 radical (unpaired) electrons. The molecule has 3 nitrogen and oxygen atoms in total. The number of halogens is 1. The van der Waals surface area contributed by atoms with Crippen LogP contribution >= 0.6 is 11.6 Å². The lowest BCUT2D eigenvalue weighted by Crippen LogP contribution is -2.18. The fraction of sp³-hybridized carbons (Fsp3) is 0.333. The average molecular weight is 240 g/mol. The number of methoxy groups -OCH3 is 1. The number of benzene rings is 1. The van der Waals surface area contributed by atoms with E-state index in [9.17, 15) is 0 Å². The van der Waals surface area contributed by atoms with Gasteiger partial charge in [-0.3, -0.25) is 0 Å². The minimum Gasteiger partial charge on any atom is -0.493 e. The van der Waals surface area contributed by atoms with Crippen molar-refractivity contribution in [2.24, 2.45) is 5.73 Å². The minimum atomic E-state index is 0.0804. The molecule has 0 saturated carbocycles. The summed E-state index contributed by atoms with van der Waals surface area (Å²) in [5.41, 5.74) is 7.51. The Labute approximate surface area is 99.1 Å².